The molecule has 1 amide bonds. The number of likely N-dealkylation sites (tertiary alicyclic amines) is 1. The van der Waals surface area contributed by atoms with Crippen molar-refractivity contribution in [1.82, 2.24) is 4.90 Å². The molecule has 0 N–H and O–H groups in total. The van der Waals surface area contributed by atoms with Gasteiger partial charge in [-0.25, -0.2) is 0 Å². The number of piperidine rings is 1. The van der Waals surface area contributed by atoms with Crippen molar-refractivity contribution in [3.8, 4) is 0 Å². The second-order valence-electron chi connectivity index (χ2n) is 6.16. The van der Waals surface area contributed by atoms with Crippen LogP contribution in [-0.4, -0.2) is 29.1 Å². The quantitative estimate of drug-likeness (QED) is 0.687. The van der Waals surface area contributed by atoms with Crippen molar-refractivity contribution in [1.29, 1.82) is 0 Å². The number of rotatable bonds is 0. The van der Waals surface area contributed by atoms with Gasteiger partial charge in [0.1, 0.15) is 0 Å². The molecular formula is C18H18N2O2S. The van der Waals surface area contributed by atoms with E-state index in [9.17, 15) is 4.79 Å². The zero-order chi connectivity index (χ0) is 16.0. The summed E-state index contributed by atoms with van der Waals surface area (Å²) in [6.07, 6.45) is 1.83. The maximum atomic E-state index is 11.9. The summed E-state index contributed by atoms with van der Waals surface area (Å²) in [6.45, 7) is 9.87. The molecule has 0 atom stereocenters. The van der Waals surface area contributed by atoms with E-state index in [2.05, 4.69) is 48.0 Å². The molecule has 118 valence electrons. The number of allylic oxidation sites excluding steroid dienone is 1. The van der Waals surface area contributed by atoms with Gasteiger partial charge in [0.25, 0.3) is 5.91 Å². The first-order chi connectivity index (χ1) is 11.1. The van der Waals surface area contributed by atoms with E-state index in [4.69, 9.17) is 4.74 Å². The highest BCUT2D eigenvalue weighted by Gasteiger charge is 2.43. The van der Waals surface area contributed by atoms with E-state index in [1.54, 1.807) is 0 Å². The molecule has 0 unspecified atom stereocenters. The maximum absolute atomic E-state index is 11.9. The maximum Gasteiger partial charge on any atom is 0.286 e. The van der Waals surface area contributed by atoms with Crippen molar-refractivity contribution in [3.63, 3.8) is 0 Å². The van der Waals surface area contributed by atoms with Gasteiger partial charge in [0, 0.05) is 13.1 Å². The van der Waals surface area contributed by atoms with E-state index in [0.29, 0.717) is 17.1 Å². The van der Waals surface area contributed by atoms with Crippen molar-refractivity contribution < 1.29 is 9.53 Å². The number of benzene rings is 1. The number of thioether (sulfide) groups is 1. The molecule has 4 nitrogen and oxygen atoms in total. The van der Waals surface area contributed by atoms with Gasteiger partial charge < -0.3 is 9.64 Å². The molecule has 1 aromatic carbocycles. The summed E-state index contributed by atoms with van der Waals surface area (Å²) in [5.41, 5.74) is 3.01. The van der Waals surface area contributed by atoms with Crippen LogP contribution in [0.4, 0.5) is 0 Å². The van der Waals surface area contributed by atoms with Crippen LogP contribution in [-0.2, 0) is 21.7 Å². The highest BCUT2D eigenvalue weighted by molar-refractivity contribution is 8.18. The lowest BCUT2D eigenvalue weighted by Gasteiger charge is -2.39. The van der Waals surface area contributed by atoms with Crippen molar-refractivity contribution in [2.75, 3.05) is 13.1 Å². The molecule has 0 aliphatic carbocycles. The number of hydrogen-bond acceptors (Lipinski definition) is 4. The molecule has 0 aromatic heterocycles. The molecule has 2 radical (unpaired) electrons. The standard InChI is InChI=1S/C18H18N2O2S/c1-12(2)15-16(21)19-17(23-15)20-9-7-18(8-10-20)14-6-4-3-5-13(14)11-22-18/h3-6H,1-2,7-11H2. The van der Waals surface area contributed by atoms with E-state index in [-0.39, 0.29) is 11.5 Å². The fourth-order valence-corrected chi connectivity index (χ4v) is 4.41. The molecule has 0 saturated carbocycles. The molecule has 3 heterocycles. The minimum atomic E-state index is -0.215. The van der Waals surface area contributed by atoms with Crippen LogP contribution in [0.2, 0.25) is 0 Å². The number of fused-ring (bicyclic) bond motifs is 2. The van der Waals surface area contributed by atoms with Crippen LogP contribution in [0.15, 0.2) is 39.7 Å². The minimum Gasteiger partial charge on any atom is -0.365 e. The van der Waals surface area contributed by atoms with Crippen LogP contribution >= 0.6 is 11.8 Å². The van der Waals surface area contributed by atoms with Crippen LogP contribution in [0.3, 0.4) is 0 Å². The molecule has 3 aliphatic rings. The van der Waals surface area contributed by atoms with Gasteiger partial charge in [-0.15, -0.1) is 0 Å². The first kappa shape index (κ1) is 15.0. The Morgan fingerprint density at radius 1 is 1.26 bits per heavy atom. The van der Waals surface area contributed by atoms with E-state index in [1.165, 1.54) is 22.9 Å². The Morgan fingerprint density at radius 2 is 2.00 bits per heavy atom. The van der Waals surface area contributed by atoms with E-state index in [0.717, 1.165) is 31.1 Å². The van der Waals surface area contributed by atoms with E-state index >= 15 is 0 Å². The van der Waals surface area contributed by atoms with Gasteiger partial charge in [0.15, 0.2) is 5.17 Å². The fourth-order valence-electron chi connectivity index (χ4n) is 3.51. The fraction of sp³-hybridized carbons (Fsp3) is 0.333. The minimum absolute atomic E-state index is 0.163. The normalized spacial score (nSPS) is 22.5. The molecular weight excluding hydrogens is 308 g/mol. The number of amidine groups is 1. The number of ether oxygens (including phenoxy) is 1. The highest BCUT2D eigenvalue weighted by atomic mass is 32.2. The van der Waals surface area contributed by atoms with Gasteiger partial charge >= 0.3 is 0 Å². The Morgan fingerprint density at radius 3 is 2.70 bits per heavy atom. The second-order valence-corrected chi connectivity index (χ2v) is 7.14. The van der Waals surface area contributed by atoms with Gasteiger partial charge in [-0.1, -0.05) is 24.3 Å². The Labute approximate surface area is 140 Å². The summed E-state index contributed by atoms with van der Waals surface area (Å²) in [5, 5.41) is 0.774. The third-order valence-corrected chi connectivity index (χ3v) is 5.96. The van der Waals surface area contributed by atoms with Gasteiger partial charge in [-0.3, -0.25) is 4.79 Å². The smallest absolute Gasteiger partial charge is 0.286 e. The lowest BCUT2D eigenvalue weighted by molar-refractivity contribution is -0.113. The molecule has 3 aliphatic heterocycles. The second kappa shape index (κ2) is 5.49. The number of aliphatic imine (C=N–C) groups is 1. The van der Waals surface area contributed by atoms with E-state index in [1.807, 2.05) is 0 Å². The van der Waals surface area contributed by atoms with Crippen LogP contribution in [0.5, 0.6) is 0 Å². The van der Waals surface area contributed by atoms with Gasteiger partial charge in [0.05, 0.1) is 17.1 Å². The average molecular weight is 326 g/mol. The van der Waals surface area contributed by atoms with E-state index < -0.39 is 0 Å². The lowest BCUT2D eigenvalue weighted by Crippen LogP contribution is -2.44. The predicted octanol–water partition coefficient (Wildman–Crippen LogP) is 3.06. The van der Waals surface area contributed by atoms with Crippen molar-refractivity contribution in [3.05, 3.63) is 59.7 Å². The van der Waals surface area contributed by atoms with Gasteiger partial charge in [-0.05, 0) is 55.2 Å². The Bertz CT molecular complexity index is 726. The summed E-state index contributed by atoms with van der Waals surface area (Å²) in [5.74, 6) is -0.215. The molecule has 1 spiro atoms. The van der Waals surface area contributed by atoms with Crippen molar-refractivity contribution in [2.45, 2.75) is 25.0 Å². The monoisotopic (exact) mass is 326 g/mol. The van der Waals surface area contributed by atoms with Crippen LogP contribution in [0, 0.1) is 13.8 Å². The SMILES string of the molecule is [CH2]C([CH2])=C1SC(N2CCC3(CC2)OCc2ccccc23)=NC1=O. The summed E-state index contributed by atoms with van der Waals surface area (Å²) in [6, 6.07) is 8.47. The average Bonchev–Trinajstić information content (AvgIpc) is 3.11. The number of carbonyl (C=O) groups excluding carboxylic acids is 1. The first-order valence-corrected chi connectivity index (χ1v) is 8.57. The largest absolute Gasteiger partial charge is 0.365 e. The molecule has 5 heteroatoms. The van der Waals surface area contributed by atoms with Gasteiger partial charge in [-0.2, -0.15) is 4.99 Å². The Hall–Kier alpha value is -1.59. The van der Waals surface area contributed by atoms with Crippen LogP contribution in [0.1, 0.15) is 24.0 Å². The lowest BCUT2D eigenvalue weighted by atomic mass is 9.84. The predicted molar refractivity (Wildman–Crippen MR) is 91.5 cm³/mol. The third kappa shape index (κ3) is 2.42. The summed E-state index contributed by atoms with van der Waals surface area (Å²) in [7, 11) is 0. The van der Waals surface area contributed by atoms with Crippen LogP contribution < -0.4 is 0 Å². The third-order valence-electron chi connectivity index (χ3n) is 4.76. The molecule has 23 heavy (non-hydrogen) atoms. The van der Waals surface area contributed by atoms with Crippen molar-refractivity contribution >= 4 is 22.8 Å². The number of hydrogen-bond donors (Lipinski definition) is 0. The number of carbonyl (C=O) groups is 1. The summed E-state index contributed by atoms with van der Waals surface area (Å²) < 4.78 is 6.17. The van der Waals surface area contributed by atoms with Gasteiger partial charge in [0.2, 0.25) is 0 Å². The molecule has 1 aromatic rings. The zero-order valence-electron chi connectivity index (χ0n) is 12.9. The van der Waals surface area contributed by atoms with Crippen LogP contribution in [0.25, 0.3) is 0 Å². The molecule has 1 fully saturated rings. The highest BCUT2D eigenvalue weighted by Crippen LogP contribution is 2.45. The Balaban J connectivity index is 1.50. The molecule has 4 rings (SSSR count). The van der Waals surface area contributed by atoms with Crippen molar-refractivity contribution in [2.24, 2.45) is 4.99 Å². The number of nitrogens with zero attached hydrogens (tertiary/aromatic N) is 2. The number of amides is 1. The first-order valence-electron chi connectivity index (χ1n) is 7.75. The molecule has 0 bridgehead atoms. The topological polar surface area (TPSA) is 41.9 Å². The zero-order valence-corrected chi connectivity index (χ0v) is 13.7. The molecule has 1 saturated heterocycles. The Kier molecular flexibility index (Phi) is 3.58. The summed E-state index contributed by atoms with van der Waals surface area (Å²) in [4.78, 5) is 18.8. The summed E-state index contributed by atoms with van der Waals surface area (Å²) >= 11 is 1.39.